The smallest absolute Gasteiger partial charge is 0.0994 e. The van der Waals surface area contributed by atoms with Crippen LogP contribution in [0.1, 0.15) is 16.7 Å². The molecule has 0 bridgehead atoms. The van der Waals surface area contributed by atoms with Crippen LogP contribution in [0, 0.1) is 18.3 Å². The second kappa shape index (κ2) is 5.61. The summed E-state index contributed by atoms with van der Waals surface area (Å²) in [5.41, 5.74) is 9.58. The van der Waals surface area contributed by atoms with Gasteiger partial charge in [0, 0.05) is 16.3 Å². The molecule has 0 amide bonds. The first-order chi connectivity index (χ1) is 8.70. The molecule has 2 nitrogen and oxygen atoms in total. The Morgan fingerprint density at radius 3 is 2.78 bits per heavy atom. The van der Waals surface area contributed by atoms with E-state index in [4.69, 9.17) is 11.0 Å². The number of benzene rings is 2. The Labute approximate surface area is 111 Å². The maximum atomic E-state index is 9.04. The number of hydrogen-bond donors (Lipinski definition) is 1. The van der Waals surface area contributed by atoms with Crippen LogP contribution in [-0.4, -0.2) is 0 Å². The van der Waals surface area contributed by atoms with Crippen LogP contribution in [0.4, 0.5) is 5.69 Å². The van der Waals surface area contributed by atoms with E-state index in [1.54, 1.807) is 11.8 Å². The van der Waals surface area contributed by atoms with Crippen molar-refractivity contribution in [3.63, 3.8) is 0 Å². The fourth-order valence-corrected chi connectivity index (χ4v) is 2.76. The second-order valence-electron chi connectivity index (χ2n) is 4.08. The van der Waals surface area contributed by atoms with Crippen molar-refractivity contribution in [1.82, 2.24) is 0 Å². The Kier molecular flexibility index (Phi) is 3.91. The SMILES string of the molecule is Cc1ccc(N)cc1SCc1ccccc1C#N. The number of anilines is 1. The van der Waals surface area contributed by atoms with Crippen molar-refractivity contribution in [2.24, 2.45) is 0 Å². The fraction of sp³-hybridized carbons (Fsp3) is 0.133. The van der Waals surface area contributed by atoms with Crippen LogP contribution < -0.4 is 5.73 Å². The molecular weight excluding hydrogens is 240 g/mol. The van der Waals surface area contributed by atoms with E-state index in [2.05, 4.69) is 13.0 Å². The van der Waals surface area contributed by atoms with Gasteiger partial charge in [-0.05, 0) is 36.2 Å². The van der Waals surface area contributed by atoms with Gasteiger partial charge < -0.3 is 5.73 Å². The van der Waals surface area contributed by atoms with Crippen molar-refractivity contribution < 1.29 is 0 Å². The van der Waals surface area contributed by atoms with Crippen molar-refractivity contribution in [3.8, 4) is 6.07 Å². The summed E-state index contributed by atoms with van der Waals surface area (Å²) < 4.78 is 0. The summed E-state index contributed by atoms with van der Waals surface area (Å²) in [5.74, 6) is 0.786. The standard InChI is InChI=1S/C15H14N2S/c1-11-6-7-14(17)8-15(11)18-10-13-5-3-2-4-12(13)9-16/h2-8H,10,17H2,1H3. The van der Waals surface area contributed by atoms with Crippen molar-refractivity contribution >= 4 is 17.4 Å². The summed E-state index contributed by atoms with van der Waals surface area (Å²) in [6.07, 6.45) is 0. The average molecular weight is 254 g/mol. The van der Waals surface area contributed by atoms with Crippen LogP contribution in [0.2, 0.25) is 0 Å². The lowest BCUT2D eigenvalue weighted by Crippen LogP contribution is -1.90. The van der Waals surface area contributed by atoms with Crippen LogP contribution in [-0.2, 0) is 5.75 Å². The normalized spacial score (nSPS) is 10.0. The minimum absolute atomic E-state index is 0.742. The Morgan fingerprint density at radius 2 is 2.00 bits per heavy atom. The minimum Gasteiger partial charge on any atom is -0.399 e. The molecule has 0 aliphatic carbocycles. The first kappa shape index (κ1) is 12.5. The Balaban J connectivity index is 2.17. The summed E-state index contributed by atoms with van der Waals surface area (Å²) >= 11 is 1.71. The Bertz CT molecular complexity index is 600. The van der Waals surface area contributed by atoms with Crippen molar-refractivity contribution in [2.45, 2.75) is 17.6 Å². The molecule has 0 saturated heterocycles. The van der Waals surface area contributed by atoms with Gasteiger partial charge in [0.05, 0.1) is 11.6 Å². The van der Waals surface area contributed by atoms with E-state index in [1.807, 2.05) is 42.5 Å². The summed E-state index contributed by atoms with van der Waals surface area (Å²) in [5, 5.41) is 9.04. The molecule has 2 aromatic rings. The minimum atomic E-state index is 0.742. The van der Waals surface area contributed by atoms with Gasteiger partial charge in [-0.3, -0.25) is 0 Å². The number of aryl methyl sites for hydroxylation is 1. The molecule has 0 unspecified atom stereocenters. The zero-order chi connectivity index (χ0) is 13.0. The van der Waals surface area contributed by atoms with E-state index >= 15 is 0 Å². The van der Waals surface area contributed by atoms with Crippen LogP contribution in [0.3, 0.4) is 0 Å². The molecule has 2 aromatic carbocycles. The molecule has 0 spiro atoms. The van der Waals surface area contributed by atoms with Crippen LogP contribution in [0.5, 0.6) is 0 Å². The molecule has 0 fully saturated rings. The first-order valence-corrected chi connectivity index (χ1v) is 6.66. The molecule has 2 N–H and O–H groups in total. The van der Waals surface area contributed by atoms with E-state index < -0.39 is 0 Å². The van der Waals surface area contributed by atoms with Gasteiger partial charge in [-0.25, -0.2) is 0 Å². The molecule has 3 heteroatoms. The third-order valence-corrected chi connectivity index (χ3v) is 3.94. The molecule has 0 aliphatic rings. The number of nitriles is 1. The molecule has 0 saturated carbocycles. The highest BCUT2D eigenvalue weighted by Crippen LogP contribution is 2.28. The van der Waals surface area contributed by atoms with E-state index in [1.165, 1.54) is 10.5 Å². The number of nitrogen functional groups attached to an aromatic ring is 1. The maximum Gasteiger partial charge on any atom is 0.0994 e. The predicted molar refractivity (Wildman–Crippen MR) is 76.3 cm³/mol. The van der Waals surface area contributed by atoms with Crippen molar-refractivity contribution in [2.75, 3.05) is 5.73 Å². The third-order valence-electron chi connectivity index (χ3n) is 2.73. The van der Waals surface area contributed by atoms with Gasteiger partial charge in [0.15, 0.2) is 0 Å². The average Bonchev–Trinajstić information content (AvgIpc) is 2.40. The molecule has 0 radical (unpaired) electrons. The van der Waals surface area contributed by atoms with Gasteiger partial charge in [-0.2, -0.15) is 5.26 Å². The lowest BCUT2D eigenvalue weighted by Gasteiger charge is -2.07. The summed E-state index contributed by atoms with van der Waals surface area (Å²) in [7, 11) is 0. The fourth-order valence-electron chi connectivity index (χ4n) is 1.68. The number of rotatable bonds is 3. The highest BCUT2D eigenvalue weighted by Gasteiger charge is 2.04. The van der Waals surface area contributed by atoms with Crippen LogP contribution >= 0.6 is 11.8 Å². The molecule has 18 heavy (non-hydrogen) atoms. The molecule has 0 aromatic heterocycles. The van der Waals surface area contributed by atoms with E-state index in [0.717, 1.165) is 22.6 Å². The molecule has 0 heterocycles. The van der Waals surface area contributed by atoms with E-state index in [9.17, 15) is 0 Å². The zero-order valence-electron chi connectivity index (χ0n) is 10.2. The van der Waals surface area contributed by atoms with Gasteiger partial charge in [-0.1, -0.05) is 24.3 Å². The maximum absolute atomic E-state index is 9.04. The van der Waals surface area contributed by atoms with E-state index in [-0.39, 0.29) is 0 Å². The molecule has 0 atom stereocenters. The highest BCUT2D eigenvalue weighted by atomic mass is 32.2. The lowest BCUT2D eigenvalue weighted by atomic mass is 10.1. The number of hydrogen-bond acceptors (Lipinski definition) is 3. The van der Waals surface area contributed by atoms with Crippen LogP contribution in [0.15, 0.2) is 47.4 Å². The number of thioether (sulfide) groups is 1. The highest BCUT2D eigenvalue weighted by molar-refractivity contribution is 7.98. The van der Waals surface area contributed by atoms with Crippen molar-refractivity contribution in [3.05, 3.63) is 59.2 Å². The Hall–Kier alpha value is -1.92. The predicted octanol–water partition coefficient (Wildman–Crippen LogP) is 3.74. The molecule has 0 aliphatic heterocycles. The van der Waals surface area contributed by atoms with E-state index in [0.29, 0.717) is 0 Å². The first-order valence-electron chi connectivity index (χ1n) is 5.67. The molecule has 90 valence electrons. The Morgan fingerprint density at radius 1 is 1.22 bits per heavy atom. The summed E-state index contributed by atoms with van der Waals surface area (Å²) in [6, 6.07) is 15.8. The van der Waals surface area contributed by atoms with Gasteiger partial charge in [0.25, 0.3) is 0 Å². The lowest BCUT2D eigenvalue weighted by molar-refractivity contribution is 1.28. The number of nitrogens with zero attached hydrogens (tertiary/aromatic N) is 1. The third kappa shape index (κ3) is 2.85. The van der Waals surface area contributed by atoms with Crippen molar-refractivity contribution in [1.29, 1.82) is 5.26 Å². The largest absolute Gasteiger partial charge is 0.399 e. The van der Waals surface area contributed by atoms with Gasteiger partial charge in [0.2, 0.25) is 0 Å². The van der Waals surface area contributed by atoms with Gasteiger partial charge >= 0.3 is 0 Å². The summed E-state index contributed by atoms with van der Waals surface area (Å²) in [6.45, 7) is 2.07. The summed E-state index contributed by atoms with van der Waals surface area (Å²) in [4.78, 5) is 1.17. The van der Waals surface area contributed by atoms with Gasteiger partial charge in [0.1, 0.15) is 0 Å². The molecule has 2 rings (SSSR count). The second-order valence-corrected chi connectivity index (χ2v) is 5.10. The topological polar surface area (TPSA) is 49.8 Å². The van der Waals surface area contributed by atoms with Crippen LogP contribution in [0.25, 0.3) is 0 Å². The quantitative estimate of drug-likeness (QED) is 0.670. The van der Waals surface area contributed by atoms with Gasteiger partial charge in [-0.15, -0.1) is 11.8 Å². The number of nitrogens with two attached hydrogens (primary N) is 1. The monoisotopic (exact) mass is 254 g/mol. The molecular formula is C15H14N2S. The zero-order valence-corrected chi connectivity index (χ0v) is 11.0.